The molecule has 0 radical (unpaired) electrons. The number of amides is 2. The number of para-hydroxylation sites is 3. The molecule has 0 fully saturated rings. The Morgan fingerprint density at radius 2 is 1.77 bits per heavy atom. The number of anilines is 2. The van der Waals surface area contributed by atoms with Gasteiger partial charge in [0.25, 0.3) is 0 Å². The highest BCUT2D eigenvalue weighted by atomic mass is 19.1. The van der Waals surface area contributed by atoms with Crippen molar-refractivity contribution < 1.29 is 18.7 Å². The fourth-order valence-electron chi connectivity index (χ4n) is 2.47. The lowest BCUT2D eigenvalue weighted by atomic mass is 10.2. The molecule has 2 rings (SSSR count). The minimum atomic E-state index is -0.500. The van der Waals surface area contributed by atoms with Crippen LogP contribution in [0.2, 0.25) is 0 Å². The fraction of sp³-hybridized carbons (Fsp3) is 0.300. The van der Waals surface area contributed by atoms with Crippen molar-refractivity contribution in [2.24, 2.45) is 0 Å². The molecular weight excluding hydrogens is 335 g/mol. The molecule has 0 aromatic heterocycles. The van der Waals surface area contributed by atoms with Gasteiger partial charge >= 0.3 is 0 Å². The van der Waals surface area contributed by atoms with Crippen LogP contribution in [-0.2, 0) is 9.59 Å². The number of halogens is 1. The van der Waals surface area contributed by atoms with Crippen LogP contribution in [0.1, 0.15) is 27.2 Å². The Kier molecular flexibility index (Phi) is 6.72. The van der Waals surface area contributed by atoms with Crippen LogP contribution in [0.5, 0.6) is 5.75 Å². The highest BCUT2D eigenvalue weighted by Gasteiger charge is 2.18. The first-order chi connectivity index (χ1) is 12.4. The minimum Gasteiger partial charge on any atom is -0.489 e. The monoisotopic (exact) mass is 358 g/mol. The lowest BCUT2D eigenvalue weighted by Crippen LogP contribution is -2.32. The molecule has 2 aromatic carbocycles. The van der Waals surface area contributed by atoms with Crippen molar-refractivity contribution in [2.75, 3.05) is 16.8 Å². The molecule has 1 N–H and O–H groups in total. The summed E-state index contributed by atoms with van der Waals surface area (Å²) in [7, 11) is 0. The maximum atomic E-state index is 13.6. The summed E-state index contributed by atoms with van der Waals surface area (Å²) in [4.78, 5) is 25.7. The Bertz CT molecular complexity index is 777. The van der Waals surface area contributed by atoms with Gasteiger partial charge in [0.15, 0.2) is 0 Å². The smallest absolute Gasteiger partial charge is 0.226 e. The summed E-state index contributed by atoms with van der Waals surface area (Å²) in [5, 5.41) is 2.52. The van der Waals surface area contributed by atoms with Crippen LogP contribution < -0.4 is 15.0 Å². The highest BCUT2D eigenvalue weighted by molar-refractivity contribution is 5.95. The molecule has 0 aliphatic heterocycles. The van der Waals surface area contributed by atoms with Crippen molar-refractivity contribution in [1.29, 1.82) is 0 Å². The predicted octanol–water partition coefficient (Wildman–Crippen LogP) is 3.99. The van der Waals surface area contributed by atoms with Crippen molar-refractivity contribution in [3.05, 3.63) is 54.3 Å². The van der Waals surface area contributed by atoms with E-state index in [0.29, 0.717) is 11.4 Å². The van der Waals surface area contributed by atoms with E-state index in [1.54, 1.807) is 30.3 Å². The third-order valence-corrected chi connectivity index (χ3v) is 3.61. The Hall–Kier alpha value is -2.89. The fourth-order valence-corrected chi connectivity index (χ4v) is 2.47. The van der Waals surface area contributed by atoms with Gasteiger partial charge in [-0.25, -0.2) is 4.39 Å². The van der Waals surface area contributed by atoms with Gasteiger partial charge in [-0.3, -0.25) is 9.59 Å². The summed E-state index contributed by atoms with van der Waals surface area (Å²) < 4.78 is 19.4. The molecule has 0 aliphatic carbocycles. The van der Waals surface area contributed by atoms with Crippen LogP contribution in [0, 0.1) is 5.82 Å². The average Bonchev–Trinajstić information content (AvgIpc) is 2.58. The maximum Gasteiger partial charge on any atom is 0.226 e. The van der Waals surface area contributed by atoms with Gasteiger partial charge in [0.1, 0.15) is 11.6 Å². The summed E-state index contributed by atoms with van der Waals surface area (Å²) in [5.74, 6) is -0.501. The zero-order valence-corrected chi connectivity index (χ0v) is 15.2. The summed E-state index contributed by atoms with van der Waals surface area (Å²) in [5.41, 5.74) is 0.725. The molecule has 0 spiro atoms. The summed E-state index contributed by atoms with van der Waals surface area (Å²) >= 11 is 0. The van der Waals surface area contributed by atoms with Crippen molar-refractivity contribution in [3.8, 4) is 5.75 Å². The molecule has 6 heteroatoms. The number of nitrogens with zero attached hydrogens (tertiary/aromatic N) is 1. The summed E-state index contributed by atoms with van der Waals surface area (Å²) in [6, 6.07) is 13.1. The Labute approximate surface area is 152 Å². The second kappa shape index (κ2) is 8.99. The van der Waals surface area contributed by atoms with Crippen molar-refractivity contribution >= 4 is 23.2 Å². The van der Waals surface area contributed by atoms with Gasteiger partial charge in [-0.1, -0.05) is 24.3 Å². The van der Waals surface area contributed by atoms with Gasteiger partial charge in [-0.2, -0.15) is 0 Å². The van der Waals surface area contributed by atoms with Crippen LogP contribution in [0.3, 0.4) is 0 Å². The molecule has 0 saturated heterocycles. The molecule has 2 aromatic rings. The first-order valence-electron chi connectivity index (χ1n) is 8.46. The second-order valence-corrected chi connectivity index (χ2v) is 6.08. The number of hydrogen-bond donors (Lipinski definition) is 1. The molecule has 0 atom stereocenters. The number of carbonyl (C=O) groups is 2. The van der Waals surface area contributed by atoms with Gasteiger partial charge in [0.2, 0.25) is 11.8 Å². The number of carbonyl (C=O) groups excluding carboxylic acids is 2. The Morgan fingerprint density at radius 1 is 1.12 bits per heavy atom. The highest BCUT2D eigenvalue weighted by Crippen LogP contribution is 2.29. The van der Waals surface area contributed by atoms with E-state index in [2.05, 4.69) is 5.32 Å². The minimum absolute atomic E-state index is 0.0317. The molecule has 0 heterocycles. The zero-order valence-electron chi connectivity index (χ0n) is 15.2. The van der Waals surface area contributed by atoms with E-state index in [1.807, 2.05) is 19.9 Å². The zero-order chi connectivity index (χ0) is 19.1. The van der Waals surface area contributed by atoms with Crippen LogP contribution in [-0.4, -0.2) is 24.5 Å². The van der Waals surface area contributed by atoms with Gasteiger partial charge in [-0.15, -0.1) is 0 Å². The molecule has 2 amide bonds. The topological polar surface area (TPSA) is 58.6 Å². The lowest BCUT2D eigenvalue weighted by molar-refractivity contribution is -0.117. The number of benzene rings is 2. The van der Waals surface area contributed by atoms with Gasteiger partial charge in [-0.05, 0) is 38.1 Å². The largest absolute Gasteiger partial charge is 0.489 e. The van der Waals surface area contributed by atoms with Gasteiger partial charge < -0.3 is 15.0 Å². The normalized spacial score (nSPS) is 10.5. The molecule has 26 heavy (non-hydrogen) atoms. The van der Waals surface area contributed by atoms with E-state index < -0.39 is 5.82 Å². The number of hydrogen-bond acceptors (Lipinski definition) is 3. The van der Waals surface area contributed by atoms with Crippen LogP contribution in [0.4, 0.5) is 15.8 Å². The van der Waals surface area contributed by atoms with E-state index in [0.717, 1.165) is 0 Å². The quantitative estimate of drug-likeness (QED) is 0.814. The average molecular weight is 358 g/mol. The lowest BCUT2D eigenvalue weighted by Gasteiger charge is -2.24. The molecule has 138 valence electrons. The molecular formula is C20H23FN2O3. The van der Waals surface area contributed by atoms with Crippen molar-refractivity contribution in [3.63, 3.8) is 0 Å². The van der Waals surface area contributed by atoms with Crippen LogP contribution in [0.25, 0.3) is 0 Å². The Balaban J connectivity index is 2.09. The molecule has 5 nitrogen and oxygen atoms in total. The number of rotatable bonds is 7. The van der Waals surface area contributed by atoms with Crippen molar-refractivity contribution in [2.45, 2.75) is 33.3 Å². The molecule has 0 unspecified atom stereocenters. The third-order valence-electron chi connectivity index (χ3n) is 3.61. The molecule has 0 bridgehead atoms. The number of ether oxygens (including phenoxy) is 1. The number of nitrogens with one attached hydrogen (secondary N) is 1. The first-order valence-corrected chi connectivity index (χ1v) is 8.46. The standard InChI is InChI=1S/C20H23FN2O3/c1-14(2)26-19-11-7-6-10-18(19)23(15(3)24)13-12-20(25)22-17-9-5-4-8-16(17)21/h4-11,14H,12-13H2,1-3H3,(H,22,25). The first kappa shape index (κ1) is 19.4. The van der Waals surface area contributed by atoms with Crippen LogP contribution in [0.15, 0.2) is 48.5 Å². The Morgan fingerprint density at radius 3 is 2.42 bits per heavy atom. The van der Waals surface area contributed by atoms with E-state index >= 15 is 0 Å². The van der Waals surface area contributed by atoms with E-state index in [1.165, 1.54) is 24.0 Å². The molecule has 0 saturated carbocycles. The SMILES string of the molecule is CC(=O)N(CCC(=O)Nc1ccccc1F)c1ccccc1OC(C)C. The van der Waals surface area contributed by atoms with E-state index in [4.69, 9.17) is 4.74 Å². The summed E-state index contributed by atoms with van der Waals surface area (Å²) in [6.45, 7) is 5.39. The van der Waals surface area contributed by atoms with Crippen LogP contribution >= 0.6 is 0 Å². The van der Waals surface area contributed by atoms with E-state index in [9.17, 15) is 14.0 Å². The van der Waals surface area contributed by atoms with E-state index in [-0.39, 0.29) is 36.6 Å². The maximum absolute atomic E-state index is 13.6. The second-order valence-electron chi connectivity index (χ2n) is 6.08. The van der Waals surface area contributed by atoms with Crippen molar-refractivity contribution in [1.82, 2.24) is 0 Å². The van der Waals surface area contributed by atoms with Gasteiger partial charge in [0, 0.05) is 19.9 Å². The van der Waals surface area contributed by atoms with Gasteiger partial charge in [0.05, 0.1) is 17.5 Å². The summed E-state index contributed by atoms with van der Waals surface area (Å²) in [6.07, 6.45) is -0.0153. The third kappa shape index (κ3) is 5.31. The predicted molar refractivity (Wildman–Crippen MR) is 99.9 cm³/mol. The molecule has 0 aliphatic rings.